The van der Waals surface area contributed by atoms with Gasteiger partial charge in [0.15, 0.2) is 0 Å². The molecular formula is C31H35NO6. The Balaban J connectivity index is 1.73. The Labute approximate surface area is 223 Å². The standard InChI is InChI=1S/C31H35NO6/c1-30(2,3)38-29(36)32-25-19-21(26(33)28(35)27(25)34)20-37-31(22-13-7-4-8-14-22,23-15-9-5-10-16-23)24-17-11-6-12-18-24/h4-19,25-28,33-35H,20H2,1-3H3,(H,32,36)/t25-,26+,27-,28-/m0/s1. The van der Waals surface area contributed by atoms with Gasteiger partial charge in [0.05, 0.1) is 12.6 Å². The smallest absolute Gasteiger partial charge is 0.408 e. The molecule has 0 aromatic heterocycles. The highest BCUT2D eigenvalue weighted by Gasteiger charge is 2.42. The molecule has 200 valence electrons. The number of amides is 1. The maximum absolute atomic E-state index is 12.4. The summed E-state index contributed by atoms with van der Waals surface area (Å²) in [5, 5.41) is 34.6. The van der Waals surface area contributed by atoms with Gasteiger partial charge in [0.2, 0.25) is 0 Å². The molecule has 3 aromatic rings. The lowest BCUT2D eigenvalue weighted by molar-refractivity contribution is -0.0710. The van der Waals surface area contributed by atoms with Crippen molar-refractivity contribution in [1.82, 2.24) is 5.32 Å². The van der Waals surface area contributed by atoms with Gasteiger partial charge in [-0.05, 0) is 43.0 Å². The molecule has 0 bridgehead atoms. The molecule has 0 unspecified atom stereocenters. The average molecular weight is 518 g/mol. The molecule has 3 aromatic carbocycles. The van der Waals surface area contributed by atoms with Gasteiger partial charge in [-0.2, -0.15) is 0 Å². The second kappa shape index (κ2) is 11.5. The van der Waals surface area contributed by atoms with E-state index in [1.807, 2.05) is 91.0 Å². The van der Waals surface area contributed by atoms with Crippen molar-refractivity contribution in [2.45, 2.75) is 56.3 Å². The molecule has 4 atom stereocenters. The quantitative estimate of drug-likeness (QED) is 0.280. The van der Waals surface area contributed by atoms with E-state index in [0.717, 1.165) is 16.7 Å². The summed E-state index contributed by atoms with van der Waals surface area (Å²) in [5.41, 5.74) is 1.19. The van der Waals surface area contributed by atoms with Gasteiger partial charge in [0.1, 0.15) is 29.5 Å². The molecule has 0 spiro atoms. The highest BCUT2D eigenvalue weighted by atomic mass is 16.6. The van der Waals surface area contributed by atoms with Crippen molar-refractivity contribution in [3.63, 3.8) is 0 Å². The lowest BCUT2D eigenvalue weighted by atomic mass is 9.80. The van der Waals surface area contributed by atoms with Gasteiger partial charge in [-0.15, -0.1) is 0 Å². The lowest BCUT2D eigenvalue weighted by Gasteiger charge is -2.39. The van der Waals surface area contributed by atoms with E-state index >= 15 is 0 Å². The van der Waals surface area contributed by atoms with Crippen LogP contribution in [0.5, 0.6) is 0 Å². The molecule has 1 amide bonds. The maximum Gasteiger partial charge on any atom is 0.408 e. The zero-order chi connectivity index (χ0) is 27.3. The van der Waals surface area contributed by atoms with Crippen molar-refractivity contribution < 1.29 is 29.6 Å². The molecule has 4 N–H and O–H groups in total. The summed E-state index contributed by atoms with van der Waals surface area (Å²) in [4.78, 5) is 12.4. The van der Waals surface area contributed by atoms with Crippen LogP contribution in [0, 0.1) is 0 Å². The Bertz CT molecular complexity index is 1130. The molecule has 4 rings (SSSR count). The van der Waals surface area contributed by atoms with E-state index in [0.29, 0.717) is 5.57 Å². The van der Waals surface area contributed by atoms with Crippen molar-refractivity contribution >= 4 is 6.09 Å². The number of alkyl carbamates (subject to hydrolysis) is 1. The van der Waals surface area contributed by atoms with Crippen molar-refractivity contribution in [2.75, 3.05) is 6.61 Å². The monoisotopic (exact) mass is 517 g/mol. The van der Waals surface area contributed by atoms with Gasteiger partial charge in [-0.3, -0.25) is 0 Å². The minimum Gasteiger partial charge on any atom is -0.444 e. The Hall–Kier alpha value is -3.49. The molecule has 0 fully saturated rings. The number of aliphatic hydroxyl groups excluding tert-OH is 3. The van der Waals surface area contributed by atoms with Crippen LogP contribution in [0.1, 0.15) is 37.5 Å². The fourth-order valence-corrected chi connectivity index (χ4v) is 4.71. The molecule has 38 heavy (non-hydrogen) atoms. The van der Waals surface area contributed by atoms with Gasteiger partial charge in [-0.25, -0.2) is 4.79 Å². The third-order valence-electron chi connectivity index (χ3n) is 6.49. The summed E-state index contributed by atoms with van der Waals surface area (Å²) in [5.74, 6) is 0. The number of carbonyl (C=O) groups excluding carboxylic acids is 1. The fourth-order valence-electron chi connectivity index (χ4n) is 4.71. The summed E-state index contributed by atoms with van der Waals surface area (Å²) in [6, 6.07) is 28.4. The van der Waals surface area contributed by atoms with Gasteiger partial charge in [0.25, 0.3) is 0 Å². The number of carbonyl (C=O) groups is 1. The van der Waals surface area contributed by atoms with E-state index in [1.54, 1.807) is 20.8 Å². The number of hydrogen-bond acceptors (Lipinski definition) is 6. The zero-order valence-corrected chi connectivity index (χ0v) is 21.8. The number of ether oxygens (including phenoxy) is 2. The Morgan fingerprint density at radius 2 is 1.21 bits per heavy atom. The third-order valence-corrected chi connectivity index (χ3v) is 6.49. The first kappa shape index (κ1) is 27.5. The second-order valence-corrected chi connectivity index (χ2v) is 10.4. The first-order valence-corrected chi connectivity index (χ1v) is 12.7. The molecule has 1 aliphatic rings. The van der Waals surface area contributed by atoms with Crippen LogP contribution in [0.2, 0.25) is 0 Å². The zero-order valence-electron chi connectivity index (χ0n) is 21.8. The largest absolute Gasteiger partial charge is 0.444 e. The summed E-state index contributed by atoms with van der Waals surface area (Å²) in [6.45, 7) is 5.10. The molecule has 0 aliphatic heterocycles. The van der Waals surface area contributed by atoms with E-state index in [9.17, 15) is 20.1 Å². The highest BCUT2D eigenvalue weighted by Crippen LogP contribution is 2.41. The number of rotatable bonds is 7. The van der Waals surface area contributed by atoms with Crippen LogP contribution >= 0.6 is 0 Å². The van der Waals surface area contributed by atoms with Gasteiger partial charge in [0, 0.05) is 0 Å². The topological polar surface area (TPSA) is 108 Å². The van der Waals surface area contributed by atoms with Gasteiger partial charge < -0.3 is 30.1 Å². The predicted octanol–water partition coefficient (Wildman–Crippen LogP) is 3.91. The molecule has 0 saturated carbocycles. The third kappa shape index (κ3) is 5.97. The number of hydrogen-bond donors (Lipinski definition) is 4. The SMILES string of the molecule is CC(C)(C)OC(=O)N[C@H]1C=C(COC(c2ccccc2)(c2ccccc2)c2ccccc2)[C@@H](O)[C@H](O)[C@H]1O. The van der Waals surface area contributed by atoms with E-state index in [4.69, 9.17) is 9.47 Å². The highest BCUT2D eigenvalue weighted by molar-refractivity contribution is 5.68. The second-order valence-electron chi connectivity index (χ2n) is 10.4. The fraction of sp³-hybridized carbons (Fsp3) is 0.323. The number of aliphatic hydroxyl groups is 3. The van der Waals surface area contributed by atoms with E-state index in [-0.39, 0.29) is 6.61 Å². The van der Waals surface area contributed by atoms with Crippen LogP contribution in [0.25, 0.3) is 0 Å². The van der Waals surface area contributed by atoms with Crippen LogP contribution in [0.15, 0.2) is 103 Å². The minimum absolute atomic E-state index is 0.0872. The van der Waals surface area contributed by atoms with Crippen LogP contribution < -0.4 is 5.32 Å². The molecule has 0 saturated heterocycles. The maximum atomic E-state index is 12.4. The minimum atomic E-state index is -1.53. The molecule has 0 radical (unpaired) electrons. The summed E-state index contributed by atoms with van der Waals surface area (Å²) in [6.07, 6.45) is -3.56. The number of nitrogens with one attached hydrogen (secondary N) is 1. The summed E-state index contributed by atoms with van der Waals surface area (Å²) < 4.78 is 12.1. The molecular weight excluding hydrogens is 482 g/mol. The van der Waals surface area contributed by atoms with Crippen LogP contribution in [0.3, 0.4) is 0 Å². The van der Waals surface area contributed by atoms with Gasteiger partial charge >= 0.3 is 6.09 Å². The van der Waals surface area contributed by atoms with Gasteiger partial charge in [-0.1, -0.05) is 97.1 Å². The Kier molecular flexibility index (Phi) is 8.33. The molecule has 0 heterocycles. The average Bonchev–Trinajstić information content (AvgIpc) is 2.91. The Morgan fingerprint density at radius 3 is 1.63 bits per heavy atom. The normalized spacial score (nSPS) is 21.9. The van der Waals surface area contributed by atoms with Crippen LogP contribution in [-0.4, -0.2) is 58.0 Å². The van der Waals surface area contributed by atoms with E-state index < -0.39 is 41.6 Å². The molecule has 7 nitrogen and oxygen atoms in total. The first-order valence-electron chi connectivity index (χ1n) is 12.7. The van der Waals surface area contributed by atoms with Crippen molar-refractivity contribution in [1.29, 1.82) is 0 Å². The van der Waals surface area contributed by atoms with E-state index in [2.05, 4.69) is 5.32 Å². The first-order chi connectivity index (χ1) is 18.1. The predicted molar refractivity (Wildman–Crippen MR) is 144 cm³/mol. The Morgan fingerprint density at radius 1 is 0.763 bits per heavy atom. The summed E-state index contributed by atoms with van der Waals surface area (Å²) in [7, 11) is 0. The van der Waals surface area contributed by atoms with Crippen molar-refractivity contribution in [2.24, 2.45) is 0 Å². The lowest BCUT2D eigenvalue weighted by Crippen LogP contribution is -2.56. The van der Waals surface area contributed by atoms with Crippen LogP contribution in [-0.2, 0) is 15.1 Å². The van der Waals surface area contributed by atoms with Crippen molar-refractivity contribution in [3.8, 4) is 0 Å². The summed E-state index contributed by atoms with van der Waals surface area (Å²) >= 11 is 0. The van der Waals surface area contributed by atoms with Crippen molar-refractivity contribution in [3.05, 3.63) is 119 Å². The van der Waals surface area contributed by atoms with E-state index in [1.165, 1.54) is 6.08 Å². The molecule has 1 aliphatic carbocycles. The molecule has 7 heteroatoms. The van der Waals surface area contributed by atoms with Crippen LogP contribution in [0.4, 0.5) is 4.79 Å². The number of benzene rings is 3.